The minimum Gasteiger partial charge on any atom is -0.316 e. The SMILES string of the molecule is C/C=C\N(CCCN(CCCCCCCC)CCCCCCCC(CCCCCCCC)CCCCCCCC)NC. The van der Waals surface area contributed by atoms with Crippen molar-refractivity contribution in [3.05, 3.63) is 12.3 Å². The van der Waals surface area contributed by atoms with Crippen molar-refractivity contribution in [3.63, 3.8) is 0 Å². The second-order valence-electron chi connectivity index (χ2n) is 13.4. The van der Waals surface area contributed by atoms with Crippen LogP contribution in [0.4, 0.5) is 0 Å². The molecule has 3 nitrogen and oxygen atoms in total. The van der Waals surface area contributed by atoms with E-state index in [2.05, 4.69) is 55.3 Å². The monoisotopic (exact) mass is 592 g/mol. The van der Waals surface area contributed by atoms with Gasteiger partial charge in [-0.05, 0) is 51.7 Å². The summed E-state index contributed by atoms with van der Waals surface area (Å²) in [6, 6.07) is 0. The van der Waals surface area contributed by atoms with Gasteiger partial charge in [0.15, 0.2) is 0 Å². The van der Waals surface area contributed by atoms with Crippen molar-refractivity contribution in [2.45, 2.75) is 201 Å². The number of rotatable bonds is 35. The lowest BCUT2D eigenvalue weighted by atomic mass is 9.89. The lowest BCUT2D eigenvalue weighted by molar-refractivity contribution is 0.227. The highest BCUT2D eigenvalue weighted by molar-refractivity contribution is 4.76. The van der Waals surface area contributed by atoms with Crippen molar-refractivity contribution in [3.8, 4) is 0 Å². The van der Waals surface area contributed by atoms with Gasteiger partial charge in [0.2, 0.25) is 0 Å². The van der Waals surface area contributed by atoms with E-state index in [1.54, 1.807) is 0 Å². The summed E-state index contributed by atoms with van der Waals surface area (Å²) in [5, 5.41) is 2.22. The molecule has 3 heteroatoms. The van der Waals surface area contributed by atoms with Gasteiger partial charge in [0.1, 0.15) is 0 Å². The lowest BCUT2D eigenvalue weighted by Gasteiger charge is -2.25. The van der Waals surface area contributed by atoms with Crippen molar-refractivity contribution in [1.82, 2.24) is 15.3 Å². The summed E-state index contributed by atoms with van der Waals surface area (Å²) >= 11 is 0. The van der Waals surface area contributed by atoms with Crippen molar-refractivity contribution in [2.75, 3.05) is 33.2 Å². The topological polar surface area (TPSA) is 18.5 Å². The fourth-order valence-electron chi connectivity index (χ4n) is 6.52. The normalized spacial score (nSPS) is 12.0. The van der Waals surface area contributed by atoms with Crippen molar-refractivity contribution < 1.29 is 0 Å². The Bertz CT molecular complexity index is 504. The quantitative estimate of drug-likeness (QED) is 0.0584. The zero-order valence-electron chi connectivity index (χ0n) is 30.0. The molecule has 0 aromatic rings. The zero-order chi connectivity index (χ0) is 30.8. The highest BCUT2D eigenvalue weighted by atomic mass is 15.5. The van der Waals surface area contributed by atoms with Crippen LogP contribution < -0.4 is 5.43 Å². The van der Waals surface area contributed by atoms with Gasteiger partial charge in [0, 0.05) is 19.8 Å². The van der Waals surface area contributed by atoms with Gasteiger partial charge in [-0.25, -0.2) is 5.43 Å². The average molecular weight is 592 g/mol. The molecular weight excluding hydrogens is 510 g/mol. The maximum Gasteiger partial charge on any atom is 0.0349 e. The Labute approximate surface area is 267 Å². The summed E-state index contributed by atoms with van der Waals surface area (Å²) in [5.74, 6) is 1.01. The molecule has 0 bridgehead atoms. The molecule has 252 valence electrons. The van der Waals surface area contributed by atoms with Gasteiger partial charge in [-0.3, -0.25) is 0 Å². The number of unbranched alkanes of at least 4 members (excludes halogenated alkanes) is 19. The van der Waals surface area contributed by atoms with Crippen LogP contribution in [0.3, 0.4) is 0 Å². The Morgan fingerprint density at radius 3 is 1.19 bits per heavy atom. The first kappa shape index (κ1) is 41.5. The van der Waals surface area contributed by atoms with Crippen molar-refractivity contribution in [1.29, 1.82) is 0 Å². The van der Waals surface area contributed by atoms with E-state index in [9.17, 15) is 0 Å². The molecule has 0 saturated heterocycles. The second-order valence-corrected chi connectivity index (χ2v) is 13.4. The van der Waals surface area contributed by atoms with Crippen LogP contribution in [0.25, 0.3) is 0 Å². The van der Waals surface area contributed by atoms with Crippen LogP contribution in [0.1, 0.15) is 201 Å². The molecule has 0 fully saturated rings. The molecule has 0 spiro atoms. The molecule has 0 radical (unpaired) electrons. The van der Waals surface area contributed by atoms with Crippen LogP contribution in [-0.2, 0) is 0 Å². The molecule has 0 aliphatic carbocycles. The standard InChI is InChI=1S/C39H81N3/c1-6-10-13-16-20-25-31-39(32-26-21-17-14-11-7-2)33-27-22-19-24-29-36-41(35-28-23-18-15-12-8-3)37-30-38-42(40-5)34-9-4/h9,34,39-40H,6-8,10-33,35-38H2,1-5H3/b34-9-. The lowest BCUT2D eigenvalue weighted by Crippen LogP contribution is -2.34. The first-order valence-electron chi connectivity index (χ1n) is 19.5. The van der Waals surface area contributed by atoms with E-state index in [4.69, 9.17) is 0 Å². The first-order chi connectivity index (χ1) is 20.7. The summed E-state index contributed by atoms with van der Waals surface area (Å²) in [4.78, 5) is 2.78. The molecule has 0 aliphatic heterocycles. The average Bonchev–Trinajstić information content (AvgIpc) is 3.00. The highest BCUT2D eigenvalue weighted by Gasteiger charge is 2.10. The first-order valence-corrected chi connectivity index (χ1v) is 19.5. The number of nitrogens with zero attached hydrogens (tertiary/aromatic N) is 2. The minimum atomic E-state index is 1.01. The smallest absolute Gasteiger partial charge is 0.0349 e. The molecule has 0 aliphatic rings. The van der Waals surface area contributed by atoms with Crippen LogP contribution in [0.15, 0.2) is 12.3 Å². The van der Waals surface area contributed by atoms with Gasteiger partial charge in [0.05, 0.1) is 0 Å². The van der Waals surface area contributed by atoms with Crippen LogP contribution >= 0.6 is 0 Å². The summed E-state index contributed by atoms with van der Waals surface area (Å²) in [5.41, 5.74) is 3.30. The van der Waals surface area contributed by atoms with Crippen LogP contribution in [0.2, 0.25) is 0 Å². The minimum absolute atomic E-state index is 1.01. The van der Waals surface area contributed by atoms with Gasteiger partial charge in [0.25, 0.3) is 0 Å². The molecule has 0 aromatic carbocycles. The molecule has 0 unspecified atom stereocenters. The number of hydrogen-bond donors (Lipinski definition) is 1. The Balaban J connectivity index is 4.31. The third kappa shape index (κ3) is 29.5. The van der Waals surface area contributed by atoms with E-state index in [1.165, 1.54) is 193 Å². The van der Waals surface area contributed by atoms with Gasteiger partial charge in [-0.2, -0.15) is 0 Å². The second kappa shape index (κ2) is 34.9. The molecule has 0 heterocycles. The molecule has 1 N–H and O–H groups in total. The maximum absolute atomic E-state index is 3.30. The fourth-order valence-corrected chi connectivity index (χ4v) is 6.52. The van der Waals surface area contributed by atoms with E-state index in [-0.39, 0.29) is 0 Å². The Kier molecular flexibility index (Phi) is 34.5. The number of hydrogen-bond acceptors (Lipinski definition) is 3. The van der Waals surface area contributed by atoms with Crippen LogP contribution in [-0.4, -0.2) is 43.1 Å². The van der Waals surface area contributed by atoms with E-state index in [1.807, 2.05) is 7.05 Å². The molecule has 42 heavy (non-hydrogen) atoms. The van der Waals surface area contributed by atoms with Gasteiger partial charge >= 0.3 is 0 Å². The summed E-state index contributed by atoms with van der Waals surface area (Å²) in [6.07, 6.45) is 43.0. The fraction of sp³-hybridized carbons (Fsp3) is 0.949. The Hall–Kier alpha value is -0.540. The molecular formula is C39H81N3. The Morgan fingerprint density at radius 2 is 0.810 bits per heavy atom. The highest BCUT2D eigenvalue weighted by Crippen LogP contribution is 2.25. The van der Waals surface area contributed by atoms with Crippen LogP contribution in [0.5, 0.6) is 0 Å². The molecule has 0 atom stereocenters. The van der Waals surface area contributed by atoms with E-state index >= 15 is 0 Å². The van der Waals surface area contributed by atoms with E-state index in [0.717, 1.165) is 12.5 Å². The predicted molar refractivity (Wildman–Crippen MR) is 192 cm³/mol. The van der Waals surface area contributed by atoms with Gasteiger partial charge in [-0.15, -0.1) is 0 Å². The molecule has 0 saturated carbocycles. The maximum atomic E-state index is 3.30. The molecule has 0 aromatic heterocycles. The third-order valence-corrected chi connectivity index (χ3v) is 9.34. The van der Waals surface area contributed by atoms with Crippen LogP contribution in [0, 0.1) is 5.92 Å². The third-order valence-electron chi connectivity index (χ3n) is 9.34. The van der Waals surface area contributed by atoms with Crippen molar-refractivity contribution in [2.24, 2.45) is 5.92 Å². The van der Waals surface area contributed by atoms with Gasteiger partial charge in [-0.1, -0.05) is 181 Å². The number of hydrazine groups is 1. The number of nitrogens with one attached hydrogen (secondary N) is 1. The zero-order valence-corrected chi connectivity index (χ0v) is 30.0. The van der Waals surface area contributed by atoms with Crippen molar-refractivity contribution >= 4 is 0 Å². The summed E-state index contributed by atoms with van der Waals surface area (Å²) in [7, 11) is 2.03. The summed E-state index contributed by atoms with van der Waals surface area (Å²) < 4.78 is 0. The van der Waals surface area contributed by atoms with E-state index < -0.39 is 0 Å². The predicted octanol–water partition coefficient (Wildman–Crippen LogP) is 12.5. The number of allylic oxidation sites excluding steroid dienone is 1. The largest absolute Gasteiger partial charge is 0.316 e. The van der Waals surface area contributed by atoms with Gasteiger partial charge < -0.3 is 9.91 Å². The summed E-state index contributed by atoms with van der Waals surface area (Å²) in [6.45, 7) is 14.0. The molecule has 0 amide bonds. The molecule has 0 rings (SSSR count). The Morgan fingerprint density at radius 1 is 0.452 bits per heavy atom. The van der Waals surface area contributed by atoms with E-state index in [0.29, 0.717) is 0 Å².